The van der Waals surface area contributed by atoms with Crippen molar-refractivity contribution in [1.82, 2.24) is 4.90 Å². The van der Waals surface area contributed by atoms with Gasteiger partial charge in [0.25, 0.3) is 0 Å². The monoisotopic (exact) mass is 346 g/mol. The highest BCUT2D eigenvalue weighted by Gasteiger charge is 2.44. The Morgan fingerprint density at radius 3 is 2.64 bits per heavy atom. The van der Waals surface area contributed by atoms with E-state index in [0.29, 0.717) is 12.6 Å². The summed E-state index contributed by atoms with van der Waals surface area (Å²) in [6, 6.07) is 9.05. The van der Waals surface area contributed by atoms with Crippen LogP contribution in [-0.4, -0.2) is 62.4 Å². The molecule has 1 aromatic rings. The van der Waals surface area contributed by atoms with Gasteiger partial charge in [-0.15, -0.1) is 0 Å². The molecule has 0 saturated carbocycles. The summed E-state index contributed by atoms with van der Waals surface area (Å²) in [6.45, 7) is 7.10. The fraction of sp³-hybridized carbons (Fsp3) is 0.650. The van der Waals surface area contributed by atoms with Gasteiger partial charge >= 0.3 is 0 Å². The van der Waals surface area contributed by atoms with Gasteiger partial charge in [0.15, 0.2) is 0 Å². The van der Waals surface area contributed by atoms with Gasteiger partial charge < -0.3 is 19.3 Å². The Morgan fingerprint density at radius 1 is 1.32 bits per heavy atom. The first-order valence-electron chi connectivity index (χ1n) is 9.32. The van der Waals surface area contributed by atoms with Crippen molar-refractivity contribution in [1.29, 1.82) is 0 Å². The van der Waals surface area contributed by atoms with Gasteiger partial charge in [-0.1, -0.05) is 17.7 Å². The molecule has 0 aliphatic carbocycles. The van der Waals surface area contributed by atoms with Crippen molar-refractivity contribution in [2.75, 3.05) is 44.9 Å². The van der Waals surface area contributed by atoms with Crippen LogP contribution in [0.2, 0.25) is 0 Å². The second kappa shape index (κ2) is 7.75. The van der Waals surface area contributed by atoms with Crippen molar-refractivity contribution in [3.05, 3.63) is 29.8 Å². The first-order chi connectivity index (χ1) is 12.0. The predicted molar refractivity (Wildman–Crippen MR) is 99.0 cm³/mol. The van der Waals surface area contributed by atoms with Gasteiger partial charge in [0.1, 0.15) is 6.61 Å². The van der Waals surface area contributed by atoms with E-state index in [4.69, 9.17) is 9.47 Å². The molecule has 2 fully saturated rings. The standard InChI is InChI=1S/C20H30N2O3/c1-4-24-15-19(23)22-11-9-20(10-12-22)13-18(14-25-20)21(3)17-7-5-16(2)6-8-17/h5-8,18H,4,9-15H2,1-3H3/t18-/m0/s1. The Balaban J connectivity index is 1.54. The maximum Gasteiger partial charge on any atom is 0.248 e. The minimum atomic E-state index is -0.0635. The molecule has 1 spiro atoms. The average Bonchev–Trinajstić information content (AvgIpc) is 3.04. The molecule has 0 bridgehead atoms. The van der Waals surface area contributed by atoms with E-state index in [9.17, 15) is 4.79 Å². The van der Waals surface area contributed by atoms with Gasteiger partial charge in [0, 0.05) is 32.4 Å². The lowest BCUT2D eigenvalue weighted by atomic mass is 9.87. The number of likely N-dealkylation sites (N-methyl/N-ethyl adjacent to an activating group) is 1. The highest BCUT2D eigenvalue weighted by molar-refractivity contribution is 5.77. The van der Waals surface area contributed by atoms with Crippen LogP contribution in [0.1, 0.15) is 31.7 Å². The zero-order valence-electron chi connectivity index (χ0n) is 15.7. The third kappa shape index (κ3) is 4.15. The number of ether oxygens (including phenoxy) is 2. The molecule has 2 saturated heterocycles. The van der Waals surface area contributed by atoms with Crippen molar-refractivity contribution < 1.29 is 14.3 Å². The third-order valence-corrected chi connectivity index (χ3v) is 5.64. The summed E-state index contributed by atoms with van der Waals surface area (Å²) in [6.07, 6.45) is 2.87. The summed E-state index contributed by atoms with van der Waals surface area (Å²) in [5, 5.41) is 0. The van der Waals surface area contributed by atoms with Crippen LogP contribution in [0.5, 0.6) is 0 Å². The van der Waals surface area contributed by atoms with Crippen LogP contribution in [0.4, 0.5) is 5.69 Å². The number of carbonyl (C=O) groups excluding carboxylic acids is 1. The number of benzene rings is 1. The summed E-state index contributed by atoms with van der Waals surface area (Å²) < 4.78 is 11.5. The molecule has 2 heterocycles. The van der Waals surface area contributed by atoms with Gasteiger partial charge in [-0.05, 0) is 45.2 Å². The number of likely N-dealkylation sites (tertiary alicyclic amines) is 1. The van der Waals surface area contributed by atoms with E-state index in [2.05, 4.69) is 43.1 Å². The number of anilines is 1. The predicted octanol–water partition coefficient (Wildman–Crippen LogP) is 2.62. The zero-order valence-corrected chi connectivity index (χ0v) is 15.7. The number of hydrogen-bond acceptors (Lipinski definition) is 4. The summed E-state index contributed by atoms with van der Waals surface area (Å²) in [4.78, 5) is 16.3. The normalized spacial score (nSPS) is 22.4. The zero-order chi connectivity index (χ0) is 17.9. The molecule has 5 nitrogen and oxygen atoms in total. The number of amides is 1. The fourth-order valence-corrected chi connectivity index (χ4v) is 3.85. The topological polar surface area (TPSA) is 42.0 Å². The van der Waals surface area contributed by atoms with E-state index >= 15 is 0 Å². The quantitative estimate of drug-likeness (QED) is 0.822. The number of aryl methyl sites for hydroxylation is 1. The SMILES string of the molecule is CCOCC(=O)N1CCC2(CC1)C[C@H](N(C)c1ccc(C)cc1)CO2. The Bertz CT molecular complexity index is 579. The van der Waals surface area contributed by atoms with Crippen molar-refractivity contribution in [3.63, 3.8) is 0 Å². The molecule has 0 unspecified atom stereocenters. The molecule has 0 aromatic heterocycles. The van der Waals surface area contributed by atoms with E-state index in [1.54, 1.807) is 0 Å². The first kappa shape index (κ1) is 18.2. The second-order valence-electron chi connectivity index (χ2n) is 7.32. The lowest BCUT2D eigenvalue weighted by Gasteiger charge is -2.39. The molecule has 25 heavy (non-hydrogen) atoms. The number of carbonyl (C=O) groups is 1. The van der Waals surface area contributed by atoms with Crippen molar-refractivity contribution >= 4 is 11.6 Å². The Morgan fingerprint density at radius 2 is 2.00 bits per heavy atom. The minimum Gasteiger partial charge on any atom is -0.373 e. The lowest BCUT2D eigenvalue weighted by molar-refractivity contribution is -0.140. The number of piperidine rings is 1. The Hall–Kier alpha value is -1.59. The minimum absolute atomic E-state index is 0.0635. The molecule has 138 valence electrons. The van der Waals surface area contributed by atoms with Crippen LogP contribution in [0, 0.1) is 6.92 Å². The molecule has 5 heteroatoms. The third-order valence-electron chi connectivity index (χ3n) is 5.64. The van der Waals surface area contributed by atoms with Gasteiger partial charge in [-0.3, -0.25) is 4.79 Å². The molecule has 0 N–H and O–H groups in total. The molecule has 1 atom stereocenters. The summed E-state index contributed by atoms with van der Waals surface area (Å²) >= 11 is 0. The second-order valence-corrected chi connectivity index (χ2v) is 7.32. The van der Waals surface area contributed by atoms with Gasteiger partial charge in [-0.2, -0.15) is 0 Å². The Labute approximate surface area is 150 Å². The van der Waals surface area contributed by atoms with Crippen LogP contribution in [0.15, 0.2) is 24.3 Å². The molecule has 1 amide bonds. The molecular weight excluding hydrogens is 316 g/mol. The van der Waals surface area contributed by atoms with Gasteiger partial charge in [0.05, 0.1) is 18.2 Å². The van der Waals surface area contributed by atoms with Crippen molar-refractivity contribution in [2.45, 2.75) is 44.8 Å². The highest BCUT2D eigenvalue weighted by Crippen LogP contribution is 2.38. The average molecular weight is 346 g/mol. The van der Waals surface area contributed by atoms with Crippen molar-refractivity contribution in [3.8, 4) is 0 Å². The van der Waals surface area contributed by atoms with Crippen molar-refractivity contribution in [2.24, 2.45) is 0 Å². The first-order valence-corrected chi connectivity index (χ1v) is 9.32. The van der Waals surface area contributed by atoms with E-state index in [-0.39, 0.29) is 18.1 Å². The summed E-state index contributed by atoms with van der Waals surface area (Å²) in [5.41, 5.74) is 2.45. The number of rotatable bonds is 5. The summed E-state index contributed by atoms with van der Waals surface area (Å²) in [7, 11) is 2.15. The largest absolute Gasteiger partial charge is 0.373 e. The number of hydrogen-bond donors (Lipinski definition) is 0. The molecule has 0 radical (unpaired) electrons. The van der Waals surface area contributed by atoms with Gasteiger partial charge in [-0.25, -0.2) is 0 Å². The van der Waals surface area contributed by atoms with E-state index in [1.807, 2.05) is 11.8 Å². The molecule has 2 aliphatic rings. The fourth-order valence-electron chi connectivity index (χ4n) is 3.85. The molecule has 3 rings (SSSR count). The van der Waals surface area contributed by atoms with Crippen LogP contribution in [0.3, 0.4) is 0 Å². The maximum atomic E-state index is 12.1. The smallest absolute Gasteiger partial charge is 0.248 e. The summed E-state index contributed by atoms with van der Waals surface area (Å²) in [5.74, 6) is 0.100. The molecule has 1 aromatic carbocycles. The maximum absolute atomic E-state index is 12.1. The van der Waals surface area contributed by atoms with Crippen LogP contribution in [0.25, 0.3) is 0 Å². The molecule has 2 aliphatic heterocycles. The molecular formula is C20H30N2O3. The van der Waals surface area contributed by atoms with Crippen LogP contribution < -0.4 is 4.90 Å². The Kier molecular flexibility index (Phi) is 5.64. The van der Waals surface area contributed by atoms with Crippen LogP contribution >= 0.6 is 0 Å². The van der Waals surface area contributed by atoms with E-state index in [1.165, 1.54) is 11.3 Å². The highest BCUT2D eigenvalue weighted by atomic mass is 16.5. The number of nitrogens with zero attached hydrogens (tertiary/aromatic N) is 2. The van der Waals surface area contributed by atoms with E-state index < -0.39 is 0 Å². The van der Waals surface area contributed by atoms with Gasteiger partial charge in [0.2, 0.25) is 5.91 Å². The lowest BCUT2D eigenvalue weighted by Crippen LogP contribution is -2.48. The van der Waals surface area contributed by atoms with E-state index in [0.717, 1.165) is 39.0 Å². The van der Waals surface area contributed by atoms with Crippen LogP contribution in [-0.2, 0) is 14.3 Å².